The highest BCUT2D eigenvalue weighted by Crippen LogP contribution is 2.23. The Morgan fingerprint density at radius 1 is 1.45 bits per heavy atom. The van der Waals surface area contributed by atoms with Gasteiger partial charge in [0.25, 0.3) is 5.92 Å². The molecule has 1 heterocycles. The van der Waals surface area contributed by atoms with Crippen molar-refractivity contribution in [2.75, 3.05) is 13.2 Å². The monoisotopic (exact) mass is 165 g/mol. The van der Waals surface area contributed by atoms with Gasteiger partial charge < -0.3 is 10.4 Å². The van der Waals surface area contributed by atoms with Crippen LogP contribution in [0.4, 0.5) is 8.78 Å². The van der Waals surface area contributed by atoms with Crippen LogP contribution >= 0.6 is 0 Å². The maximum Gasteiger partial charge on any atom is 0.285 e. The summed E-state index contributed by atoms with van der Waals surface area (Å²) in [5, 5.41) is 11.1. The zero-order chi connectivity index (χ0) is 8.32. The normalized spacial score (nSPS) is 27.0. The van der Waals surface area contributed by atoms with Gasteiger partial charge in [0.1, 0.15) is 6.61 Å². The van der Waals surface area contributed by atoms with Crippen LogP contribution in [0.1, 0.15) is 19.3 Å². The van der Waals surface area contributed by atoms with Crippen LogP contribution in [0.5, 0.6) is 0 Å². The molecule has 1 rings (SSSR count). The van der Waals surface area contributed by atoms with E-state index in [9.17, 15) is 8.78 Å². The molecule has 1 unspecified atom stereocenters. The van der Waals surface area contributed by atoms with Crippen molar-refractivity contribution in [3.63, 3.8) is 0 Å². The van der Waals surface area contributed by atoms with Crippen molar-refractivity contribution in [3.8, 4) is 0 Å². The van der Waals surface area contributed by atoms with Crippen molar-refractivity contribution in [1.82, 2.24) is 5.32 Å². The molecule has 0 radical (unpaired) electrons. The molecule has 11 heavy (non-hydrogen) atoms. The van der Waals surface area contributed by atoms with Crippen LogP contribution in [0.15, 0.2) is 0 Å². The molecule has 1 aliphatic rings. The average molecular weight is 165 g/mol. The molecule has 1 atom stereocenters. The van der Waals surface area contributed by atoms with Crippen LogP contribution in [0.3, 0.4) is 0 Å². The van der Waals surface area contributed by atoms with E-state index in [4.69, 9.17) is 5.11 Å². The van der Waals surface area contributed by atoms with Gasteiger partial charge in [0.2, 0.25) is 0 Å². The summed E-state index contributed by atoms with van der Waals surface area (Å²) in [7, 11) is 0. The third kappa shape index (κ3) is 2.10. The Kier molecular flexibility index (Phi) is 2.78. The molecule has 0 saturated carbocycles. The van der Waals surface area contributed by atoms with Crippen LogP contribution in [-0.4, -0.2) is 30.2 Å². The fourth-order valence-corrected chi connectivity index (χ4v) is 1.32. The lowest BCUT2D eigenvalue weighted by Gasteiger charge is -2.29. The largest absolute Gasteiger partial charge is 0.390 e. The van der Waals surface area contributed by atoms with Crippen LogP contribution in [0, 0.1) is 0 Å². The van der Waals surface area contributed by atoms with Gasteiger partial charge in [-0.3, -0.25) is 0 Å². The molecule has 1 saturated heterocycles. The number of aliphatic hydroxyl groups excluding tert-OH is 1. The minimum Gasteiger partial charge on any atom is -0.390 e. The number of halogens is 2. The Bertz CT molecular complexity index is 124. The Balaban J connectivity index is 2.43. The van der Waals surface area contributed by atoms with Crippen molar-refractivity contribution >= 4 is 0 Å². The number of hydrogen-bond donors (Lipinski definition) is 2. The Hall–Kier alpha value is -0.220. The molecule has 0 aromatic rings. The van der Waals surface area contributed by atoms with Crippen molar-refractivity contribution in [1.29, 1.82) is 0 Å². The number of nitrogens with one attached hydrogen (secondary N) is 1. The predicted molar refractivity (Wildman–Crippen MR) is 37.7 cm³/mol. The van der Waals surface area contributed by atoms with Crippen molar-refractivity contribution < 1.29 is 13.9 Å². The number of rotatable bonds is 2. The van der Waals surface area contributed by atoms with Gasteiger partial charge in [-0.15, -0.1) is 0 Å². The van der Waals surface area contributed by atoms with Crippen LogP contribution in [-0.2, 0) is 0 Å². The smallest absolute Gasteiger partial charge is 0.285 e. The molecule has 2 N–H and O–H groups in total. The Morgan fingerprint density at radius 2 is 2.18 bits per heavy atom. The number of alkyl halides is 2. The van der Waals surface area contributed by atoms with Gasteiger partial charge >= 0.3 is 0 Å². The number of piperidine rings is 1. The highest BCUT2D eigenvalue weighted by atomic mass is 19.3. The minimum atomic E-state index is -2.94. The molecule has 4 heteroatoms. The second kappa shape index (κ2) is 3.45. The molecule has 0 aliphatic carbocycles. The molecule has 2 nitrogen and oxygen atoms in total. The Labute approximate surface area is 64.6 Å². The highest BCUT2D eigenvalue weighted by molar-refractivity contribution is 4.85. The molecular weight excluding hydrogens is 152 g/mol. The number of hydrogen-bond acceptors (Lipinski definition) is 2. The zero-order valence-electron chi connectivity index (χ0n) is 6.32. The Morgan fingerprint density at radius 3 is 2.64 bits per heavy atom. The van der Waals surface area contributed by atoms with Crippen LogP contribution in [0.25, 0.3) is 0 Å². The van der Waals surface area contributed by atoms with E-state index in [0.29, 0.717) is 13.0 Å². The topological polar surface area (TPSA) is 32.3 Å². The molecular formula is C7H13F2NO. The average Bonchev–Trinajstić information content (AvgIpc) is 2.06. The second-order valence-corrected chi connectivity index (χ2v) is 2.92. The van der Waals surface area contributed by atoms with E-state index in [0.717, 1.165) is 12.8 Å². The summed E-state index contributed by atoms with van der Waals surface area (Å²) in [6, 6.07) is -0.818. The van der Waals surface area contributed by atoms with Gasteiger partial charge in [-0.2, -0.15) is 0 Å². The van der Waals surface area contributed by atoms with Gasteiger partial charge in [-0.25, -0.2) is 8.78 Å². The molecule has 0 aromatic heterocycles. The molecule has 0 bridgehead atoms. The van der Waals surface area contributed by atoms with Crippen molar-refractivity contribution in [2.24, 2.45) is 0 Å². The summed E-state index contributed by atoms with van der Waals surface area (Å²) < 4.78 is 25.5. The maximum absolute atomic E-state index is 12.7. The first-order valence-electron chi connectivity index (χ1n) is 3.89. The fraction of sp³-hybridized carbons (Fsp3) is 1.00. The fourth-order valence-electron chi connectivity index (χ4n) is 1.32. The van der Waals surface area contributed by atoms with Gasteiger partial charge in [-0.05, 0) is 19.4 Å². The summed E-state index contributed by atoms with van der Waals surface area (Å²) in [4.78, 5) is 0. The molecule has 1 aliphatic heterocycles. The molecule has 0 aromatic carbocycles. The SMILES string of the molecule is OCC(F)(F)C1CCCCN1. The third-order valence-corrected chi connectivity index (χ3v) is 2.03. The zero-order valence-corrected chi connectivity index (χ0v) is 6.32. The summed E-state index contributed by atoms with van der Waals surface area (Å²) in [6.07, 6.45) is 2.25. The highest BCUT2D eigenvalue weighted by Gasteiger charge is 2.38. The van der Waals surface area contributed by atoms with Crippen molar-refractivity contribution in [3.05, 3.63) is 0 Å². The van der Waals surface area contributed by atoms with Crippen LogP contribution < -0.4 is 5.32 Å². The third-order valence-electron chi connectivity index (χ3n) is 2.03. The maximum atomic E-state index is 12.7. The predicted octanol–water partition coefficient (Wildman–Crippen LogP) is 0.756. The summed E-state index contributed by atoms with van der Waals surface area (Å²) in [6.45, 7) is -0.412. The van der Waals surface area contributed by atoms with E-state index in [1.165, 1.54) is 0 Å². The standard InChI is InChI=1S/C7H13F2NO/c8-7(9,5-11)6-3-1-2-4-10-6/h6,10-11H,1-5H2. The van der Waals surface area contributed by atoms with E-state index < -0.39 is 18.6 Å². The van der Waals surface area contributed by atoms with Gasteiger partial charge in [0.05, 0.1) is 6.04 Å². The quantitative estimate of drug-likeness (QED) is 0.633. The number of aliphatic hydroxyl groups is 1. The van der Waals surface area contributed by atoms with Gasteiger partial charge in [0, 0.05) is 0 Å². The summed E-state index contributed by atoms with van der Waals surface area (Å²) >= 11 is 0. The second-order valence-electron chi connectivity index (χ2n) is 2.92. The first-order chi connectivity index (χ1) is 5.17. The summed E-state index contributed by atoms with van der Waals surface area (Å²) in [5.41, 5.74) is 0. The minimum absolute atomic E-state index is 0.466. The van der Waals surface area contributed by atoms with E-state index in [-0.39, 0.29) is 0 Å². The molecule has 0 amide bonds. The lowest BCUT2D eigenvalue weighted by molar-refractivity contribution is -0.0849. The van der Waals surface area contributed by atoms with E-state index >= 15 is 0 Å². The molecule has 0 spiro atoms. The van der Waals surface area contributed by atoms with E-state index in [1.807, 2.05) is 0 Å². The van der Waals surface area contributed by atoms with Gasteiger partial charge in [0.15, 0.2) is 0 Å². The lowest BCUT2D eigenvalue weighted by Crippen LogP contribution is -2.49. The molecule has 66 valence electrons. The summed E-state index contributed by atoms with van der Waals surface area (Å²) in [5.74, 6) is -2.94. The van der Waals surface area contributed by atoms with Gasteiger partial charge in [-0.1, -0.05) is 6.42 Å². The van der Waals surface area contributed by atoms with E-state index in [1.54, 1.807) is 0 Å². The first kappa shape index (κ1) is 8.87. The van der Waals surface area contributed by atoms with Crippen molar-refractivity contribution in [2.45, 2.75) is 31.2 Å². The molecule has 1 fully saturated rings. The van der Waals surface area contributed by atoms with Crippen LogP contribution in [0.2, 0.25) is 0 Å². The first-order valence-corrected chi connectivity index (χ1v) is 3.89. The lowest BCUT2D eigenvalue weighted by atomic mass is 10.00. The van der Waals surface area contributed by atoms with E-state index in [2.05, 4.69) is 5.32 Å².